The molecular weight excluding hydrogens is 384 g/mol. The Hall–Kier alpha value is -2.18. The molecule has 6 heteroatoms. The smallest absolute Gasteiger partial charge is 0.243 e. The number of nitrogens with zero attached hydrogens (tertiary/aromatic N) is 1. The number of aryl methyl sites for hydroxylation is 3. The highest BCUT2D eigenvalue weighted by Gasteiger charge is 2.32. The molecule has 0 aromatic heterocycles. The summed E-state index contributed by atoms with van der Waals surface area (Å²) in [4.78, 5) is 13.1. The molecule has 1 aliphatic carbocycles. The second-order valence-corrected chi connectivity index (χ2v) is 9.90. The van der Waals surface area contributed by atoms with Gasteiger partial charge < -0.3 is 5.32 Å². The predicted octanol–water partition coefficient (Wildman–Crippen LogP) is 3.78. The van der Waals surface area contributed by atoms with E-state index in [9.17, 15) is 13.2 Å². The molecule has 154 valence electrons. The second kappa shape index (κ2) is 8.28. The molecule has 1 heterocycles. The van der Waals surface area contributed by atoms with E-state index in [4.69, 9.17) is 0 Å². The van der Waals surface area contributed by atoms with Crippen molar-refractivity contribution in [3.63, 3.8) is 0 Å². The van der Waals surface area contributed by atoms with E-state index in [2.05, 4.69) is 12.2 Å². The van der Waals surface area contributed by atoms with Crippen LogP contribution in [0.3, 0.4) is 0 Å². The summed E-state index contributed by atoms with van der Waals surface area (Å²) >= 11 is 0. The zero-order valence-electron chi connectivity index (χ0n) is 16.9. The summed E-state index contributed by atoms with van der Waals surface area (Å²) in [5.74, 6) is -0.174. The SMILES string of the molecule is CCc1ccccc1NC(=O)C1CCN(S(=O)(=O)c2ccc3c(c2)CCC3)CC1. The van der Waals surface area contributed by atoms with Crippen LogP contribution in [0.5, 0.6) is 0 Å². The summed E-state index contributed by atoms with van der Waals surface area (Å²) in [6, 6.07) is 13.4. The number of carbonyl (C=O) groups is 1. The number of benzene rings is 2. The molecule has 2 aliphatic rings. The van der Waals surface area contributed by atoms with E-state index in [1.165, 1.54) is 9.87 Å². The Balaban J connectivity index is 1.40. The Morgan fingerprint density at radius 1 is 1.07 bits per heavy atom. The van der Waals surface area contributed by atoms with Gasteiger partial charge in [-0.2, -0.15) is 4.31 Å². The van der Waals surface area contributed by atoms with Gasteiger partial charge in [0.05, 0.1) is 4.90 Å². The highest BCUT2D eigenvalue weighted by molar-refractivity contribution is 7.89. The minimum Gasteiger partial charge on any atom is -0.326 e. The molecule has 1 amide bonds. The Morgan fingerprint density at radius 2 is 1.79 bits per heavy atom. The number of para-hydroxylation sites is 1. The van der Waals surface area contributed by atoms with Crippen LogP contribution < -0.4 is 5.32 Å². The standard InChI is InChI=1S/C23H28N2O3S/c1-2-17-6-3-4-9-22(17)24-23(26)19-12-14-25(15-13-19)29(27,28)21-11-10-18-7-5-8-20(18)16-21/h3-4,6,9-11,16,19H,2,5,7-8,12-15H2,1H3,(H,24,26). The van der Waals surface area contributed by atoms with Crippen LogP contribution in [0.2, 0.25) is 0 Å². The lowest BCUT2D eigenvalue weighted by Crippen LogP contribution is -2.41. The van der Waals surface area contributed by atoms with Crippen molar-refractivity contribution in [3.8, 4) is 0 Å². The number of fused-ring (bicyclic) bond motifs is 1. The minimum atomic E-state index is -3.50. The van der Waals surface area contributed by atoms with Gasteiger partial charge in [-0.3, -0.25) is 4.79 Å². The third-order valence-electron chi connectivity index (χ3n) is 6.19. The first-order valence-corrected chi connectivity index (χ1v) is 11.9. The lowest BCUT2D eigenvalue weighted by molar-refractivity contribution is -0.120. The number of anilines is 1. The highest BCUT2D eigenvalue weighted by Crippen LogP contribution is 2.29. The Kier molecular flexibility index (Phi) is 5.74. The van der Waals surface area contributed by atoms with E-state index in [-0.39, 0.29) is 11.8 Å². The molecule has 1 saturated heterocycles. The molecule has 0 unspecified atom stereocenters. The number of nitrogens with one attached hydrogen (secondary N) is 1. The zero-order chi connectivity index (χ0) is 20.4. The predicted molar refractivity (Wildman–Crippen MR) is 114 cm³/mol. The fourth-order valence-electron chi connectivity index (χ4n) is 4.40. The summed E-state index contributed by atoms with van der Waals surface area (Å²) in [6.45, 7) is 2.83. The van der Waals surface area contributed by atoms with Crippen LogP contribution in [0, 0.1) is 5.92 Å². The van der Waals surface area contributed by atoms with Crippen molar-refractivity contribution in [2.75, 3.05) is 18.4 Å². The highest BCUT2D eigenvalue weighted by atomic mass is 32.2. The fourth-order valence-corrected chi connectivity index (χ4v) is 5.92. The quantitative estimate of drug-likeness (QED) is 0.813. The molecule has 0 saturated carbocycles. The Morgan fingerprint density at radius 3 is 2.55 bits per heavy atom. The number of amides is 1. The molecule has 0 bridgehead atoms. The first kappa shape index (κ1) is 20.1. The van der Waals surface area contributed by atoms with Crippen LogP contribution in [0.25, 0.3) is 0 Å². The van der Waals surface area contributed by atoms with Gasteiger partial charge in [-0.15, -0.1) is 0 Å². The molecular formula is C23H28N2O3S. The van der Waals surface area contributed by atoms with Crippen LogP contribution in [-0.2, 0) is 34.1 Å². The molecule has 2 aromatic carbocycles. The summed E-state index contributed by atoms with van der Waals surface area (Å²) in [6.07, 6.45) is 5.04. The molecule has 1 N–H and O–H groups in total. The monoisotopic (exact) mass is 412 g/mol. The average molecular weight is 413 g/mol. The summed E-state index contributed by atoms with van der Waals surface area (Å²) in [5, 5.41) is 3.04. The van der Waals surface area contributed by atoms with Crippen molar-refractivity contribution in [1.82, 2.24) is 4.31 Å². The summed E-state index contributed by atoms with van der Waals surface area (Å²) < 4.78 is 27.7. The fraction of sp³-hybridized carbons (Fsp3) is 0.435. The second-order valence-electron chi connectivity index (χ2n) is 7.96. The summed E-state index contributed by atoms with van der Waals surface area (Å²) in [7, 11) is -3.50. The number of piperidine rings is 1. The van der Waals surface area contributed by atoms with Crippen molar-refractivity contribution in [2.24, 2.45) is 5.92 Å². The van der Waals surface area contributed by atoms with Gasteiger partial charge in [0.15, 0.2) is 0 Å². The van der Waals surface area contributed by atoms with Crippen LogP contribution in [0.1, 0.15) is 42.9 Å². The van der Waals surface area contributed by atoms with Crippen LogP contribution >= 0.6 is 0 Å². The van der Waals surface area contributed by atoms with Gasteiger partial charge in [-0.05, 0) is 73.4 Å². The van der Waals surface area contributed by atoms with Gasteiger partial charge in [0.2, 0.25) is 15.9 Å². The van der Waals surface area contributed by atoms with E-state index in [0.29, 0.717) is 30.8 Å². The van der Waals surface area contributed by atoms with Crippen molar-refractivity contribution >= 4 is 21.6 Å². The number of rotatable bonds is 5. The maximum Gasteiger partial charge on any atom is 0.243 e. The van der Waals surface area contributed by atoms with E-state index >= 15 is 0 Å². The van der Waals surface area contributed by atoms with Crippen molar-refractivity contribution in [1.29, 1.82) is 0 Å². The third-order valence-corrected chi connectivity index (χ3v) is 8.08. The Bertz CT molecular complexity index is 1010. The number of hydrogen-bond donors (Lipinski definition) is 1. The Labute approximate surface area is 173 Å². The normalized spacial score (nSPS) is 17.8. The summed E-state index contributed by atoms with van der Waals surface area (Å²) in [5.41, 5.74) is 4.40. The van der Waals surface area contributed by atoms with Gasteiger partial charge in [0.1, 0.15) is 0 Å². The topological polar surface area (TPSA) is 66.5 Å². The number of carbonyl (C=O) groups excluding carboxylic acids is 1. The molecule has 5 nitrogen and oxygen atoms in total. The third kappa shape index (κ3) is 4.09. The molecule has 1 aliphatic heterocycles. The average Bonchev–Trinajstić information content (AvgIpc) is 3.22. The van der Waals surface area contributed by atoms with Gasteiger partial charge >= 0.3 is 0 Å². The lowest BCUT2D eigenvalue weighted by atomic mass is 9.97. The maximum atomic E-state index is 13.1. The molecule has 0 spiro atoms. The van der Waals surface area contributed by atoms with Crippen LogP contribution in [0.15, 0.2) is 47.4 Å². The largest absolute Gasteiger partial charge is 0.326 e. The van der Waals surface area contributed by atoms with Gasteiger partial charge in [0.25, 0.3) is 0 Å². The van der Waals surface area contributed by atoms with Crippen molar-refractivity contribution in [2.45, 2.75) is 50.3 Å². The van der Waals surface area contributed by atoms with E-state index in [1.54, 1.807) is 6.07 Å². The van der Waals surface area contributed by atoms with Gasteiger partial charge in [-0.25, -0.2) is 8.42 Å². The zero-order valence-corrected chi connectivity index (χ0v) is 17.7. The van der Waals surface area contributed by atoms with Crippen LogP contribution in [-0.4, -0.2) is 31.7 Å². The van der Waals surface area contributed by atoms with Gasteiger partial charge in [0, 0.05) is 24.7 Å². The molecule has 0 radical (unpaired) electrons. The van der Waals surface area contributed by atoms with E-state index < -0.39 is 10.0 Å². The molecule has 0 atom stereocenters. The van der Waals surface area contributed by atoms with Crippen molar-refractivity contribution < 1.29 is 13.2 Å². The first-order chi connectivity index (χ1) is 14.0. The molecule has 2 aromatic rings. The molecule has 1 fully saturated rings. The lowest BCUT2D eigenvalue weighted by Gasteiger charge is -2.30. The number of sulfonamides is 1. The first-order valence-electron chi connectivity index (χ1n) is 10.5. The van der Waals surface area contributed by atoms with Crippen LogP contribution in [0.4, 0.5) is 5.69 Å². The number of hydrogen-bond acceptors (Lipinski definition) is 3. The van der Waals surface area contributed by atoms with E-state index in [0.717, 1.165) is 42.5 Å². The molecule has 29 heavy (non-hydrogen) atoms. The van der Waals surface area contributed by atoms with Gasteiger partial charge in [-0.1, -0.05) is 31.2 Å². The van der Waals surface area contributed by atoms with E-state index in [1.807, 2.05) is 36.4 Å². The minimum absolute atomic E-state index is 0.0134. The van der Waals surface area contributed by atoms with Crippen molar-refractivity contribution in [3.05, 3.63) is 59.2 Å². The molecule has 4 rings (SSSR count). The maximum absolute atomic E-state index is 13.1.